The molecule has 0 aliphatic rings. The average molecular weight is 297 g/mol. The van der Waals surface area contributed by atoms with E-state index in [1.165, 1.54) is 18.2 Å². The minimum absolute atomic E-state index is 0.101. The Kier molecular flexibility index (Phi) is 6.51. The summed E-state index contributed by atoms with van der Waals surface area (Å²) in [6, 6.07) is 4.21. The Hall–Kier alpha value is -1.56. The van der Waals surface area contributed by atoms with Gasteiger partial charge in [-0.2, -0.15) is 0 Å². The van der Waals surface area contributed by atoms with Gasteiger partial charge in [-0.15, -0.1) is 0 Å². The van der Waals surface area contributed by atoms with Crippen molar-refractivity contribution >= 4 is 22.3 Å². The third kappa shape index (κ3) is 4.23. The molecule has 0 saturated carbocycles. The Morgan fingerprint density at radius 3 is 2.55 bits per heavy atom. The van der Waals surface area contributed by atoms with Crippen molar-refractivity contribution < 1.29 is 13.9 Å². The van der Waals surface area contributed by atoms with Crippen LogP contribution in [-0.2, 0) is 10.8 Å². The molecule has 1 atom stereocenters. The molecule has 0 N–H and O–H groups in total. The van der Waals surface area contributed by atoms with Gasteiger partial charge in [-0.3, -0.25) is 19.1 Å². The number of carbonyl (C=O) groups excluding carboxylic acids is 1. The largest absolute Gasteiger partial charge is 0.294 e. The normalized spacial score (nSPS) is 12.1. The summed E-state index contributed by atoms with van der Waals surface area (Å²) in [4.78, 5) is 22.6. The molecule has 1 unspecified atom stereocenters. The van der Waals surface area contributed by atoms with Crippen molar-refractivity contribution in [2.45, 2.75) is 44.4 Å². The molecule has 0 amide bonds. The quantitative estimate of drug-likeness (QED) is 0.318. The van der Waals surface area contributed by atoms with Crippen LogP contribution in [0.3, 0.4) is 0 Å². The summed E-state index contributed by atoms with van der Waals surface area (Å²) in [5.74, 6) is 0.209. The number of carbonyl (C=O) groups is 1. The van der Waals surface area contributed by atoms with Gasteiger partial charge in [0.1, 0.15) is 4.90 Å². The minimum atomic E-state index is -1.40. The van der Waals surface area contributed by atoms with E-state index in [-0.39, 0.29) is 16.4 Å². The highest BCUT2D eigenvalue weighted by Crippen LogP contribution is 2.25. The van der Waals surface area contributed by atoms with E-state index in [0.717, 1.165) is 19.3 Å². The molecule has 0 spiro atoms. The maximum Gasteiger partial charge on any atom is 0.286 e. The van der Waals surface area contributed by atoms with E-state index in [9.17, 15) is 19.1 Å². The van der Waals surface area contributed by atoms with E-state index in [1.54, 1.807) is 6.92 Å². The van der Waals surface area contributed by atoms with Crippen molar-refractivity contribution in [3.05, 3.63) is 33.9 Å². The van der Waals surface area contributed by atoms with Gasteiger partial charge in [-0.05, 0) is 18.6 Å². The van der Waals surface area contributed by atoms with Crippen LogP contribution in [0.5, 0.6) is 0 Å². The molecule has 5 nitrogen and oxygen atoms in total. The maximum atomic E-state index is 11.9. The molecule has 0 aliphatic carbocycles. The maximum absolute atomic E-state index is 11.9. The summed E-state index contributed by atoms with van der Waals surface area (Å²) in [5.41, 5.74) is 0.0937. The minimum Gasteiger partial charge on any atom is -0.294 e. The van der Waals surface area contributed by atoms with E-state index < -0.39 is 15.7 Å². The SMILES string of the molecule is CCCCCC(=O)c1ccc(S(=O)CC)c([N+](=O)[O-])c1. The number of benzene rings is 1. The molecule has 0 radical (unpaired) electrons. The lowest BCUT2D eigenvalue weighted by Crippen LogP contribution is -2.04. The van der Waals surface area contributed by atoms with Gasteiger partial charge in [-0.25, -0.2) is 0 Å². The van der Waals surface area contributed by atoms with Crippen molar-refractivity contribution in [1.82, 2.24) is 0 Å². The van der Waals surface area contributed by atoms with E-state index >= 15 is 0 Å². The molecule has 1 aromatic carbocycles. The molecule has 0 saturated heterocycles. The number of nitro benzene ring substituents is 1. The Balaban J connectivity index is 3.01. The van der Waals surface area contributed by atoms with Crippen molar-refractivity contribution in [1.29, 1.82) is 0 Å². The summed E-state index contributed by atoms with van der Waals surface area (Å²) in [5, 5.41) is 11.0. The summed E-state index contributed by atoms with van der Waals surface area (Å²) < 4.78 is 11.8. The number of unbranched alkanes of at least 4 members (excludes halogenated alkanes) is 2. The zero-order valence-electron chi connectivity index (χ0n) is 11.8. The molecular formula is C14H19NO4S. The van der Waals surface area contributed by atoms with Crippen LogP contribution in [0.4, 0.5) is 5.69 Å². The van der Waals surface area contributed by atoms with E-state index in [4.69, 9.17) is 0 Å². The highest BCUT2D eigenvalue weighted by Gasteiger charge is 2.20. The van der Waals surface area contributed by atoms with Crippen LogP contribution in [0.15, 0.2) is 23.1 Å². The molecule has 0 aromatic heterocycles. The van der Waals surface area contributed by atoms with Gasteiger partial charge < -0.3 is 0 Å². The lowest BCUT2D eigenvalue weighted by Gasteiger charge is -2.04. The van der Waals surface area contributed by atoms with Crippen molar-refractivity contribution in [3.63, 3.8) is 0 Å². The van der Waals surface area contributed by atoms with Gasteiger partial charge in [0, 0.05) is 23.8 Å². The number of hydrogen-bond donors (Lipinski definition) is 0. The van der Waals surface area contributed by atoms with Crippen LogP contribution in [-0.4, -0.2) is 20.7 Å². The molecule has 0 fully saturated rings. The van der Waals surface area contributed by atoms with Crippen LogP contribution >= 0.6 is 0 Å². The predicted octanol–water partition coefficient (Wildman–Crippen LogP) is 3.49. The highest BCUT2D eigenvalue weighted by atomic mass is 32.2. The van der Waals surface area contributed by atoms with Crippen molar-refractivity contribution in [2.75, 3.05) is 5.75 Å². The lowest BCUT2D eigenvalue weighted by molar-refractivity contribution is -0.387. The van der Waals surface area contributed by atoms with Crippen molar-refractivity contribution in [2.24, 2.45) is 0 Å². The summed E-state index contributed by atoms with van der Waals surface area (Å²) in [6.07, 6.45) is 3.15. The number of Topliss-reactive ketones (excluding diaryl/α,β-unsaturated/α-hetero) is 1. The third-order valence-electron chi connectivity index (χ3n) is 2.99. The second-order valence-electron chi connectivity index (χ2n) is 4.45. The topological polar surface area (TPSA) is 77.3 Å². The Morgan fingerprint density at radius 1 is 1.30 bits per heavy atom. The first-order valence-corrected chi connectivity index (χ1v) is 8.03. The number of nitrogens with zero attached hydrogens (tertiary/aromatic N) is 1. The number of rotatable bonds is 8. The van der Waals surface area contributed by atoms with E-state index in [0.29, 0.717) is 17.7 Å². The van der Waals surface area contributed by atoms with Crippen LogP contribution < -0.4 is 0 Å². The van der Waals surface area contributed by atoms with E-state index in [2.05, 4.69) is 0 Å². The number of ketones is 1. The molecule has 0 aliphatic heterocycles. The standard InChI is InChI=1S/C14H19NO4S/c1-3-5-6-7-13(16)11-8-9-14(20(19)4-2)12(10-11)15(17)18/h8-10H,3-7H2,1-2H3. The van der Waals surface area contributed by atoms with Crippen LogP contribution in [0.1, 0.15) is 49.9 Å². The monoisotopic (exact) mass is 297 g/mol. The predicted molar refractivity (Wildman–Crippen MR) is 78.5 cm³/mol. The fourth-order valence-electron chi connectivity index (χ4n) is 1.86. The summed E-state index contributed by atoms with van der Waals surface area (Å²) in [6.45, 7) is 3.74. The van der Waals surface area contributed by atoms with Gasteiger partial charge in [0.25, 0.3) is 5.69 Å². The zero-order valence-corrected chi connectivity index (χ0v) is 12.6. The summed E-state index contributed by atoms with van der Waals surface area (Å²) >= 11 is 0. The second-order valence-corrected chi connectivity index (χ2v) is 6.16. The Bertz CT molecular complexity index is 528. The van der Waals surface area contributed by atoms with Gasteiger partial charge in [0.2, 0.25) is 0 Å². The van der Waals surface area contributed by atoms with Crippen LogP contribution in [0.2, 0.25) is 0 Å². The Morgan fingerprint density at radius 2 is 2.00 bits per heavy atom. The van der Waals surface area contributed by atoms with E-state index in [1.807, 2.05) is 6.92 Å². The van der Waals surface area contributed by atoms with Gasteiger partial charge in [-0.1, -0.05) is 26.7 Å². The molecular weight excluding hydrogens is 278 g/mol. The average Bonchev–Trinajstić information content (AvgIpc) is 2.45. The fraction of sp³-hybridized carbons (Fsp3) is 0.500. The zero-order chi connectivity index (χ0) is 15.1. The van der Waals surface area contributed by atoms with Gasteiger partial charge in [0.05, 0.1) is 15.7 Å². The fourth-order valence-corrected chi connectivity index (χ4v) is 2.76. The number of hydrogen-bond acceptors (Lipinski definition) is 4. The third-order valence-corrected chi connectivity index (χ3v) is 4.35. The molecule has 1 aromatic rings. The molecule has 0 heterocycles. The van der Waals surface area contributed by atoms with Gasteiger partial charge in [0.15, 0.2) is 5.78 Å². The first kappa shape index (κ1) is 16.5. The number of nitro groups is 1. The smallest absolute Gasteiger partial charge is 0.286 e. The lowest BCUT2D eigenvalue weighted by atomic mass is 10.0. The van der Waals surface area contributed by atoms with Crippen LogP contribution in [0.25, 0.3) is 0 Å². The molecule has 1 rings (SSSR count). The van der Waals surface area contributed by atoms with Gasteiger partial charge >= 0.3 is 0 Å². The first-order chi connectivity index (χ1) is 9.51. The summed E-state index contributed by atoms with van der Waals surface area (Å²) in [7, 11) is -1.40. The van der Waals surface area contributed by atoms with Crippen molar-refractivity contribution in [3.8, 4) is 0 Å². The second kappa shape index (κ2) is 7.89. The van der Waals surface area contributed by atoms with Crippen LogP contribution in [0, 0.1) is 10.1 Å². The molecule has 20 heavy (non-hydrogen) atoms. The first-order valence-electron chi connectivity index (χ1n) is 6.71. The Labute approximate surface area is 121 Å². The molecule has 110 valence electrons. The highest BCUT2D eigenvalue weighted by molar-refractivity contribution is 7.85. The molecule has 6 heteroatoms. The molecule has 0 bridgehead atoms.